The molecule has 0 saturated heterocycles. The third-order valence-corrected chi connectivity index (χ3v) is 5.24. The molecule has 1 aliphatic heterocycles. The molecule has 8 heteroatoms. The predicted molar refractivity (Wildman–Crippen MR) is 119 cm³/mol. The molecule has 0 radical (unpaired) electrons. The lowest BCUT2D eigenvalue weighted by molar-refractivity contribution is 0.0943. The molecule has 1 unspecified atom stereocenters. The highest BCUT2D eigenvalue weighted by molar-refractivity contribution is 6.44. The minimum atomic E-state index is -0.630. The highest BCUT2D eigenvalue weighted by atomic mass is 16.5. The summed E-state index contributed by atoms with van der Waals surface area (Å²) in [5, 5.41) is 0. The maximum Gasteiger partial charge on any atom is 0.269 e. The third-order valence-electron chi connectivity index (χ3n) is 5.24. The highest BCUT2D eigenvalue weighted by Crippen LogP contribution is 2.40. The van der Waals surface area contributed by atoms with Crippen LogP contribution in [-0.2, 0) is 0 Å². The van der Waals surface area contributed by atoms with E-state index < -0.39 is 5.66 Å². The summed E-state index contributed by atoms with van der Waals surface area (Å²) in [6, 6.07) is 3.18. The van der Waals surface area contributed by atoms with Crippen molar-refractivity contribution in [3.63, 3.8) is 0 Å². The van der Waals surface area contributed by atoms with Crippen LogP contribution in [-0.4, -0.2) is 44.4 Å². The molecule has 2 N–H and O–H groups in total. The lowest BCUT2D eigenvalue weighted by Crippen LogP contribution is -2.47. The lowest BCUT2D eigenvalue weighted by atomic mass is 9.82. The fourth-order valence-corrected chi connectivity index (χ4v) is 2.91. The molecule has 166 valence electrons. The van der Waals surface area contributed by atoms with E-state index in [-0.39, 0.29) is 16.7 Å². The number of methoxy groups -OCH3 is 3. The van der Waals surface area contributed by atoms with Gasteiger partial charge >= 0.3 is 0 Å². The van der Waals surface area contributed by atoms with Gasteiger partial charge in [0.1, 0.15) is 0 Å². The molecule has 0 aliphatic carbocycles. The molecule has 0 saturated carbocycles. The number of hydrogen-bond acceptors (Lipinski definition) is 7. The van der Waals surface area contributed by atoms with Gasteiger partial charge in [-0.05, 0) is 19.1 Å². The summed E-state index contributed by atoms with van der Waals surface area (Å²) >= 11 is 0. The van der Waals surface area contributed by atoms with Crippen LogP contribution >= 0.6 is 0 Å². The van der Waals surface area contributed by atoms with Crippen LogP contribution in [0.2, 0.25) is 0 Å². The van der Waals surface area contributed by atoms with Crippen molar-refractivity contribution in [2.24, 2.45) is 20.8 Å². The van der Waals surface area contributed by atoms with Gasteiger partial charge in [0.05, 0.1) is 27.0 Å². The number of hydrazine groups is 1. The Kier molecular flexibility index (Phi) is 6.40. The summed E-state index contributed by atoms with van der Waals surface area (Å²) in [4.78, 5) is 22.6. The van der Waals surface area contributed by atoms with E-state index in [1.54, 1.807) is 12.1 Å². The van der Waals surface area contributed by atoms with Gasteiger partial charge < -0.3 is 14.2 Å². The van der Waals surface area contributed by atoms with E-state index in [9.17, 15) is 4.79 Å². The largest absolute Gasteiger partial charge is 0.493 e. The van der Waals surface area contributed by atoms with Crippen molar-refractivity contribution in [3.8, 4) is 17.2 Å². The number of hydrogen-bond donors (Lipinski definition) is 2. The first-order chi connectivity index (χ1) is 13.8. The normalized spacial score (nSPS) is 19.0. The maximum atomic E-state index is 12.8. The molecule has 1 heterocycles. The van der Waals surface area contributed by atoms with Gasteiger partial charge in [0.2, 0.25) is 5.75 Å². The molecule has 2 rings (SSSR count). The van der Waals surface area contributed by atoms with Gasteiger partial charge in [-0.1, -0.05) is 41.5 Å². The van der Waals surface area contributed by atoms with E-state index in [0.717, 1.165) is 5.71 Å². The zero-order valence-electron chi connectivity index (χ0n) is 19.7. The second kappa shape index (κ2) is 8.16. The Balaban J connectivity index is 2.31. The van der Waals surface area contributed by atoms with Crippen molar-refractivity contribution < 1.29 is 19.0 Å². The van der Waals surface area contributed by atoms with E-state index in [2.05, 4.69) is 52.4 Å². The van der Waals surface area contributed by atoms with E-state index in [1.165, 1.54) is 21.3 Å². The molecule has 0 aromatic heterocycles. The number of aliphatic imine (C=N–C) groups is 2. The molecule has 0 spiro atoms. The van der Waals surface area contributed by atoms with Crippen LogP contribution in [0.15, 0.2) is 22.1 Å². The highest BCUT2D eigenvalue weighted by Gasteiger charge is 2.44. The zero-order chi connectivity index (χ0) is 22.9. The Morgan fingerprint density at radius 1 is 0.933 bits per heavy atom. The third kappa shape index (κ3) is 4.52. The van der Waals surface area contributed by atoms with Crippen molar-refractivity contribution in [1.29, 1.82) is 0 Å². The maximum absolute atomic E-state index is 12.8. The van der Waals surface area contributed by atoms with Crippen LogP contribution < -0.4 is 25.1 Å². The Bertz CT molecular complexity index is 853. The van der Waals surface area contributed by atoms with Crippen molar-refractivity contribution in [2.75, 3.05) is 21.3 Å². The van der Waals surface area contributed by atoms with Crippen molar-refractivity contribution in [1.82, 2.24) is 10.9 Å². The van der Waals surface area contributed by atoms with E-state index in [4.69, 9.17) is 24.2 Å². The van der Waals surface area contributed by atoms with Crippen LogP contribution in [0, 0.1) is 10.8 Å². The van der Waals surface area contributed by atoms with Gasteiger partial charge in [0, 0.05) is 16.4 Å². The van der Waals surface area contributed by atoms with Crippen LogP contribution in [0.1, 0.15) is 58.8 Å². The first kappa shape index (κ1) is 23.5. The first-order valence-electron chi connectivity index (χ1n) is 9.84. The van der Waals surface area contributed by atoms with Gasteiger partial charge in [-0.2, -0.15) is 0 Å². The summed E-state index contributed by atoms with van der Waals surface area (Å²) in [5.74, 6) is 1.41. The van der Waals surface area contributed by atoms with E-state index >= 15 is 0 Å². The molecule has 8 nitrogen and oxygen atoms in total. The summed E-state index contributed by atoms with van der Waals surface area (Å²) in [5.41, 5.74) is 5.79. The monoisotopic (exact) mass is 418 g/mol. The molecule has 1 atom stereocenters. The summed E-state index contributed by atoms with van der Waals surface area (Å²) in [6.07, 6.45) is 0. The standard InChI is InChI=1S/C22H34N4O4/c1-20(2,3)17-18(24-22(7,23-17)21(4,5)6)25-26-19(27)13-11-14(28-8)16(30-10)15(12-13)29-9/h11-12H,1-10H3,(H,24,25)(H,26,27). The number of carbonyl (C=O) groups excluding carboxylic acids is 1. The number of ether oxygens (including phenoxy) is 3. The van der Waals surface area contributed by atoms with Crippen molar-refractivity contribution in [3.05, 3.63) is 17.7 Å². The number of rotatable bonds is 4. The quantitative estimate of drug-likeness (QED) is 0.729. The molecule has 30 heavy (non-hydrogen) atoms. The van der Waals surface area contributed by atoms with E-state index in [1.807, 2.05) is 6.92 Å². The number of nitrogens with one attached hydrogen (secondary N) is 2. The fourth-order valence-electron chi connectivity index (χ4n) is 2.91. The number of nitrogens with zero attached hydrogens (tertiary/aromatic N) is 2. The topological polar surface area (TPSA) is 93.5 Å². The SMILES string of the molecule is COc1cc(C(=O)NNC2=NC(C)(C(C)(C)C)N=C2C(C)(C)C)cc(OC)c1OC. The minimum Gasteiger partial charge on any atom is -0.493 e. The van der Waals surface area contributed by atoms with Gasteiger partial charge in [-0.15, -0.1) is 0 Å². The first-order valence-corrected chi connectivity index (χ1v) is 9.84. The molecule has 1 aromatic carbocycles. The Labute approximate surface area is 179 Å². The molecule has 1 aromatic rings. The van der Waals surface area contributed by atoms with E-state index in [0.29, 0.717) is 28.6 Å². The Hall–Kier alpha value is -2.77. The van der Waals surface area contributed by atoms with Crippen molar-refractivity contribution in [2.45, 2.75) is 54.1 Å². The number of benzene rings is 1. The van der Waals surface area contributed by atoms with Gasteiger partial charge in [0.25, 0.3) is 5.91 Å². The lowest BCUT2D eigenvalue weighted by Gasteiger charge is -2.33. The second-order valence-electron chi connectivity index (χ2n) is 9.43. The fraction of sp³-hybridized carbons (Fsp3) is 0.591. The summed E-state index contributed by atoms with van der Waals surface area (Å²) in [6.45, 7) is 14.5. The Morgan fingerprint density at radius 2 is 1.47 bits per heavy atom. The smallest absolute Gasteiger partial charge is 0.269 e. The molecule has 0 bridgehead atoms. The molecular weight excluding hydrogens is 384 g/mol. The average molecular weight is 419 g/mol. The molecular formula is C22H34N4O4. The summed E-state index contributed by atoms with van der Waals surface area (Å²) in [7, 11) is 4.52. The zero-order valence-corrected chi connectivity index (χ0v) is 19.7. The number of amidine groups is 1. The van der Waals surface area contributed by atoms with Crippen molar-refractivity contribution >= 4 is 17.5 Å². The number of carbonyl (C=O) groups is 1. The minimum absolute atomic E-state index is 0.187. The summed E-state index contributed by atoms with van der Waals surface area (Å²) < 4.78 is 16.0. The van der Waals surface area contributed by atoms with Crippen LogP contribution in [0.3, 0.4) is 0 Å². The average Bonchev–Trinajstić information content (AvgIpc) is 3.03. The molecule has 1 amide bonds. The van der Waals surface area contributed by atoms with Gasteiger partial charge in [-0.3, -0.25) is 20.6 Å². The second-order valence-corrected chi connectivity index (χ2v) is 9.43. The van der Waals surface area contributed by atoms with Crippen LogP contribution in [0.25, 0.3) is 0 Å². The van der Waals surface area contributed by atoms with Gasteiger partial charge in [0.15, 0.2) is 23.0 Å². The van der Waals surface area contributed by atoms with Gasteiger partial charge in [-0.25, -0.2) is 4.99 Å². The number of amides is 1. The van der Waals surface area contributed by atoms with Crippen LogP contribution in [0.4, 0.5) is 0 Å². The Morgan fingerprint density at radius 3 is 1.87 bits per heavy atom. The molecule has 1 aliphatic rings. The molecule has 0 fully saturated rings. The van der Waals surface area contributed by atoms with Crippen LogP contribution in [0.5, 0.6) is 17.2 Å². The predicted octanol–water partition coefficient (Wildman–Crippen LogP) is 3.61.